The van der Waals surface area contributed by atoms with Crippen LogP contribution in [0.4, 0.5) is 27.6 Å². The lowest BCUT2D eigenvalue weighted by atomic mass is 9.77. The number of carbonyl (C=O) groups is 2. The highest BCUT2D eigenvalue weighted by Crippen LogP contribution is 2.55. The number of amides is 1. The molecule has 37 heavy (non-hydrogen) atoms. The number of aryl methyl sites for hydroxylation is 1. The molecule has 0 aliphatic carbocycles. The zero-order valence-electron chi connectivity index (χ0n) is 20.2. The second kappa shape index (κ2) is 10.9. The normalized spacial score (nSPS) is 23.6. The standard InChI is InChI=1S/C24H24BrF5N2O5/c1-11-10-31-16(22(34)35-4)9-15(11)32-21(33)20-17(12(2)23(3,37-20)24(28,29)30)13-5-6-14(26)18(27)19(13)36-8-7-25/h5-6,9-10,12,17,20H,7-8H2,1-4H3,(H,31,32,33)/t12-,17-,20+,23+/m0/s1. The first kappa shape index (κ1) is 28.8. The van der Waals surface area contributed by atoms with Crippen LogP contribution in [0, 0.1) is 24.5 Å². The van der Waals surface area contributed by atoms with Gasteiger partial charge in [0.15, 0.2) is 17.2 Å². The average Bonchev–Trinajstić information content (AvgIpc) is 3.12. The molecule has 2 aromatic rings. The van der Waals surface area contributed by atoms with E-state index in [4.69, 9.17) is 9.47 Å². The average molecular weight is 595 g/mol. The molecule has 4 atom stereocenters. The molecule has 202 valence electrons. The number of hydrogen-bond donors (Lipinski definition) is 1. The first-order chi connectivity index (χ1) is 17.3. The van der Waals surface area contributed by atoms with Crippen molar-refractivity contribution >= 4 is 33.5 Å². The number of methoxy groups -OCH3 is 1. The number of aromatic nitrogens is 1. The number of nitrogens with one attached hydrogen (secondary N) is 1. The van der Waals surface area contributed by atoms with Crippen LogP contribution < -0.4 is 10.1 Å². The molecule has 1 aliphatic heterocycles. The Labute approximate surface area is 217 Å². The summed E-state index contributed by atoms with van der Waals surface area (Å²) < 4.78 is 86.6. The van der Waals surface area contributed by atoms with Gasteiger partial charge in [-0.3, -0.25) is 4.79 Å². The monoisotopic (exact) mass is 594 g/mol. The molecule has 0 saturated carbocycles. The van der Waals surface area contributed by atoms with Gasteiger partial charge in [-0.25, -0.2) is 14.2 Å². The smallest absolute Gasteiger partial charge is 0.417 e. The van der Waals surface area contributed by atoms with E-state index in [-0.39, 0.29) is 28.9 Å². The van der Waals surface area contributed by atoms with Crippen molar-refractivity contribution in [2.75, 3.05) is 24.4 Å². The van der Waals surface area contributed by atoms with E-state index < -0.39 is 59.0 Å². The Morgan fingerprint density at radius 2 is 1.95 bits per heavy atom. The Bertz CT molecular complexity index is 1190. The van der Waals surface area contributed by atoms with Crippen LogP contribution in [0.3, 0.4) is 0 Å². The zero-order chi connectivity index (χ0) is 27.7. The highest BCUT2D eigenvalue weighted by Gasteiger charge is 2.66. The number of pyridine rings is 1. The Hall–Kier alpha value is -2.80. The van der Waals surface area contributed by atoms with Crippen molar-refractivity contribution < 1.29 is 45.8 Å². The maximum Gasteiger partial charge on any atom is 0.417 e. The lowest BCUT2D eigenvalue weighted by molar-refractivity contribution is -0.272. The Balaban J connectivity index is 2.10. The lowest BCUT2D eigenvalue weighted by Crippen LogP contribution is -2.47. The van der Waals surface area contributed by atoms with Gasteiger partial charge in [0.05, 0.1) is 13.7 Å². The third-order valence-electron chi connectivity index (χ3n) is 6.45. The number of carbonyl (C=O) groups excluding carboxylic acids is 2. The van der Waals surface area contributed by atoms with E-state index in [9.17, 15) is 31.5 Å². The second-order valence-corrected chi connectivity index (χ2v) is 9.43. The predicted molar refractivity (Wildman–Crippen MR) is 126 cm³/mol. The number of benzene rings is 1. The zero-order valence-corrected chi connectivity index (χ0v) is 21.8. The van der Waals surface area contributed by atoms with Crippen molar-refractivity contribution in [2.24, 2.45) is 5.92 Å². The van der Waals surface area contributed by atoms with Gasteiger partial charge in [-0.1, -0.05) is 28.9 Å². The van der Waals surface area contributed by atoms with Gasteiger partial charge in [0, 0.05) is 34.6 Å². The van der Waals surface area contributed by atoms with E-state index in [1.54, 1.807) is 6.92 Å². The number of ether oxygens (including phenoxy) is 3. The lowest BCUT2D eigenvalue weighted by Gasteiger charge is -2.32. The fourth-order valence-electron chi connectivity index (χ4n) is 4.20. The van der Waals surface area contributed by atoms with Crippen LogP contribution in [0.15, 0.2) is 24.4 Å². The van der Waals surface area contributed by atoms with Gasteiger partial charge in [0.2, 0.25) is 5.82 Å². The summed E-state index contributed by atoms with van der Waals surface area (Å²) in [6.07, 6.45) is -5.41. The molecular formula is C24H24BrF5N2O5. The molecule has 1 saturated heterocycles. The third kappa shape index (κ3) is 5.42. The van der Waals surface area contributed by atoms with Crippen molar-refractivity contribution in [3.8, 4) is 5.75 Å². The van der Waals surface area contributed by atoms with Crippen LogP contribution in [0.2, 0.25) is 0 Å². The molecule has 3 rings (SSSR count). The molecule has 13 heteroatoms. The van der Waals surface area contributed by atoms with Crippen LogP contribution in [-0.2, 0) is 14.3 Å². The van der Waals surface area contributed by atoms with E-state index >= 15 is 0 Å². The van der Waals surface area contributed by atoms with Crippen LogP contribution in [0.5, 0.6) is 5.75 Å². The van der Waals surface area contributed by atoms with Crippen LogP contribution in [0.25, 0.3) is 0 Å². The van der Waals surface area contributed by atoms with Gasteiger partial charge in [0.25, 0.3) is 5.91 Å². The van der Waals surface area contributed by atoms with Crippen molar-refractivity contribution in [3.63, 3.8) is 0 Å². The SMILES string of the molecule is COC(=O)c1cc(NC(=O)[C@@H]2O[C@@](C)(C(F)(F)F)[C@@H](C)[C@H]2c2ccc(F)c(F)c2OCCBr)c(C)cn1. The van der Waals surface area contributed by atoms with Crippen molar-refractivity contribution in [2.45, 2.75) is 44.6 Å². The van der Waals surface area contributed by atoms with Crippen molar-refractivity contribution in [3.05, 3.63) is 52.9 Å². The van der Waals surface area contributed by atoms with E-state index in [1.165, 1.54) is 19.2 Å². The number of halogens is 6. The molecule has 0 radical (unpaired) electrons. The maximum atomic E-state index is 14.7. The number of nitrogens with zero attached hydrogens (tertiary/aromatic N) is 1. The minimum atomic E-state index is -4.90. The predicted octanol–water partition coefficient (Wildman–Crippen LogP) is 5.31. The van der Waals surface area contributed by atoms with Crippen LogP contribution in [0.1, 0.15) is 41.4 Å². The fraction of sp³-hybridized carbons (Fsp3) is 0.458. The number of alkyl halides is 4. The van der Waals surface area contributed by atoms with Gasteiger partial charge in [-0.05, 0) is 31.5 Å². The Morgan fingerprint density at radius 1 is 1.27 bits per heavy atom. The molecule has 1 fully saturated rings. The molecule has 1 aliphatic rings. The molecule has 0 bridgehead atoms. The van der Waals surface area contributed by atoms with Crippen LogP contribution >= 0.6 is 15.9 Å². The van der Waals surface area contributed by atoms with E-state index in [1.807, 2.05) is 0 Å². The van der Waals surface area contributed by atoms with Gasteiger partial charge < -0.3 is 19.5 Å². The molecule has 1 amide bonds. The van der Waals surface area contributed by atoms with Gasteiger partial charge in [0.1, 0.15) is 11.8 Å². The third-order valence-corrected chi connectivity index (χ3v) is 6.77. The summed E-state index contributed by atoms with van der Waals surface area (Å²) >= 11 is 3.10. The van der Waals surface area contributed by atoms with E-state index in [0.29, 0.717) is 5.56 Å². The summed E-state index contributed by atoms with van der Waals surface area (Å²) in [5.74, 6) is -7.83. The largest absolute Gasteiger partial charge is 0.489 e. The molecule has 0 unspecified atom stereocenters. The molecular weight excluding hydrogens is 571 g/mol. The second-order valence-electron chi connectivity index (χ2n) is 8.64. The van der Waals surface area contributed by atoms with Crippen LogP contribution in [-0.4, -0.2) is 53.8 Å². The van der Waals surface area contributed by atoms with Crippen molar-refractivity contribution in [1.29, 1.82) is 0 Å². The number of hydrogen-bond acceptors (Lipinski definition) is 6. The number of anilines is 1. The summed E-state index contributed by atoms with van der Waals surface area (Å²) in [5, 5.41) is 2.70. The van der Waals surface area contributed by atoms with Gasteiger partial charge in [-0.2, -0.15) is 17.6 Å². The molecule has 1 aromatic heterocycles. The Kier molecular flexibility index (Phi) is 8.47. The molecule has 7 nitrogen and oxygen atoms in total. The number of esters is 1. The molecule has 1 aromatic carbocycles. The summed E-state index contributed by atoms with van der Waals surface area (Å²) in [7, 11) is 1.13. The highest BCUT2D eigenvalue weighted by atomic mass is 79.9. The minimum Gasteiger partial charge on any atom is -0.489 e. The van der Waals surface area contributed by atoms with E-state index in [0.717, 1.165) is 26.2 Å². The Morgan fingerprint density at radius 3 is 2.54 bits per heavy atom. The summed E-state index contributed by atoms with van der Waals surface area (Å²) in [6.45, 7) is 3.45. The first-order valence-corrected chi connectivity index (χ1v) is 12.2. The van der Waals surface area contributed by atoms with Gasteiger partial charge in [-0.15, -0.1) is 0 Å². The summed E-state index contributed by atoms with van der Waals surface area (Å²) in [4.78, 5) is 29.1. The molecule has 0 spiro atoms. The minimum absolute atomic E-state index is 0.0806. The van der Waals surface area contributed by atoms with E-state index in [2.05, 4.69) is 31.0 Å². The van der Waals surface area contributed by atoms with Crippen molar-refractivity contribution in [1.82, 2.24) is 4.98 Å². The summed E-state index contributed by atoms with van der Waals surface area (Å²) in [5.41, 5.74) is -2.62. The van der Waals surface area contributed by atoms with Gasteiger partial charge >= 0.3 is 12.1 Å². The molecule has 2 heterocycles. The maximum absolute atomic E-state index is 14.7. The first-order valence-electron chi connectivity index (χ1n) is 11.0. The summed E-state index contributed by atoms with van der Waals surface area (Å²) in [6, 6.07) is 3.05. The quantitative estimate of drug-likeness (QED) is 0.266. The highest BCUT2D eigenvalue weighted by molar-refractivity contribution is 9.09. The molecule has 1 N–H and O–H groups in total. The fourth-order valence-corrected chi connectivity index (χ4v) is 4.36. The number of rotatable bonds is 7. The topological polar surface area (TPSA) is 86.8 Å².